The van der Waals surface area contributed by atoms with Crippen LogP contribution in [0, 0.1) is 28.6 Å². The molecule has 2 fully saturated rings. The first-order valence-corrected chi connectivity index (χ1v) is 19.6. The van der Waals surface area contributed by atoms with Crippen LogP contribution in [0.3, 0.4) is 0 Å². The van der Waals surface area contributed by atoms with Crippen LogP contribution in [0.2, 0.25) is 0 Å². The third kappa shape index (κ3) is 10.1. The first kappa shape index (κ1) is 44.1. The predicted molar refractivity (Wildman–Crippen MR) is 199 cm³/mol. The molecule has 0 aromatic heterocycles. The summed E-state index contributed by atoms with van der Waals surface area (Å²) in [5.41, 5.74) is -2.13. The Morgan fingerprint density at radius 1 is 1.06 bits per heavy atom. The predicted octanol–water partition coefficient (Wildman–Crippen LogP) is 2.66. The number of carbonyl (C=O) groups is 5. The first-order chi connectivity index (χ1) is 23.4. The van der Waals surface area contributed by atoms with Crippen LogP contribution in [0.1, 0.15) is 94.4 Å². The highest BCUT2D eigenvalue weighted by molar-refractivity contribution is 7.86. The van der Waals surface area contributed by atoms with E-state index in [2.05, 4.69) is 27.8 Å². The van der Waals surface area contributed by atoms with Crippen LogP contribution in [0.15, 0.2) is 12.7 Å². The van der Waals surface area contributed by atoms with Crippen LogP contribution < -0.4 is 21.3 Å². The lowest BCUT2D eigenvalue weighted by Crippen LogP contribution is -2.62. The largest absolute Gasteiger partial charge is 0.346 e. The standard InChI is InChI=1S/C36H65N7O7S/c1-14-16-17-26(28(44)31(46)37-19-15-2)38-30(45)27-25(21-23(3)4)18-20-43(27)32(47)29(34(6,7)8)39-33(48)40-36(24(5)35(36,9)10)22-42(13)51(49,50)41(11)12/h15,23-27,29H,2,14,16-22H2,1,3-13H3,(H,37,46)(H,38,45)(H2,39,40,48)/t24?,25-,26?,27+,29-,36?/m1/s1. The monoisotopic (exact) mass is 739 g/mol. The molecule has 2 rings (SSSR count). The number of urea groups is 1. The van der Waals surface area contributed by atoms with E-state index in [0.717, 1.165) is 10.7 Å². The number of likely N-dealkylation sites (tertiary alicyclic amines) is 1. The van der Waals surface area contributed by atoms with E-state index in [9.17, 15) is 32.4 Å². The van der Waals surface area contributed by atoms with Crippen LogP contribution in [-0.2, 0) is 29.4 Å². The van der Waals surface area contributed by atoms with Crippen molar-refractivity contribution in [3.05, 3.63) is 12.7 Å². The van der Waals surface area contributed by atoms with Gasteiger partial charge in [0.15, 0.2) is 0 Å². The number of carbonyl (C=O) groups excluding carboxylic acids is 5. The Morgan fingerprint density at radius 2 is 1.65 bits per heavy atom. The van der Waals surface area contributed by atoms with Crippen molar-refractivity contribution in [3.63, 3.8) is 0 Å². The molecular formula is C36H65N7O7S. The van der Waals surface area contributed by atoms with Gasteiger partial charge in [-0.15, -0.1) is 6.58 Å². The number of rotatable bonds is 18. The number of unbranched alkanes of at least 4 members (excludes halogenated alkanes) is 1. The van der Waals surface area contributed by atoms with Gasteiger partial charge in [-0.3, -0.25) is 19.2 Å². The summed E-state index contributed by atoms with van der Waals surface area (Å²) in [7, 11) is 0.605. The van der Waals surface area contributed by atoms with Crippen LogP contribution in [0.5, 0.6) is 0 Å². The van der Waals surface area contributed by atoms with Gasteiger partial charge in [0.1, 0.15) is 12.1 Å². The lowest BCUT2D eigenvalue weighted by atomic mass is 9.85. The second-order valence-electron chi connectivity index (χ2n) is 16.6. The molecule has 15 heteroatoms. The Bertz CT molecular complexity index is 1410. The Morgan fingerprint density at radius 3 is 2.12 bits per heavy atom. The number of nitrogens with zero attached hydrogens (tertiary/aromatic N) is 3. The summed E-state index contributed by atoms with van der Waals surface area (Å²) in [4.78, 5) is 69.7. The van der Waals surface area contributed by atoms with Crippen molar-refractivity contribution in [2.24, 2.45) is 28.6 Å². The molecule has 1 saturated carbocycles. The smallest absolute Gasteiger partial charge is 0.315 e. The van der Waals surface area contributed by atoms with Gasteiger partial charge < -0.3 is 26.2 Å². The summed E-state index contributed by atoms with van der Waals surface area (Å²) in [5, 5.41) is 11.2. The number of Topliss-reactive ketones (excluding diaryl/α,β-unsaturated/α-hetero) is 1. The van der Waals surface area contributed by atoms with Crippen molar-refractivity contribution >= 4 is 39.7 Å². The van der Waals surface area contributed by atoms with Crippen molar-refractivity contribution in [1.29, 1.82) is 0 Å². The van der Waals surface area contributed by atoms with Crippen LogP contribution in [-0.4, -0.2) is 116 Å². The number of ketones is 1. The molecule has 1 heterocycles. The van der Waals surface area contributed by atoms with Gasteiger partial charge in [-0.2, -0.15) is 17.0 Å². The minimum Gasteiger partial charge on any atom is -0.346 e. The lowest BCUT2D eigenvalue weighted by Gasteiger charge is -2.37. The number of hydrogen-bond acceptors (Lipinski definition) is 7. The van der Waals surface area contributed by atoms with Crippen LogP contribution in [0.4, 0.5) is 4.79 Å². The van der Waals surface area contributed by atoms with E-state index in [4.69, 9.17) is 0 Å². The molecular weight excluding hydrogens is 675 g/mol. The highest BCUT2D eigenvalue weighted by atomic mass is 32.2. The van der Waals surface area contributed by atoms with Gasteiger partial charge in [0, 0.05) is 40.8 Å². The SMILES string of the molecule is C=CCNC(=O)C(=O)C(CCCC)NC(=O)[C@@H]1[C@@H](CC(C)C)CCN1C(=O)[C@@H](NC(=O)NC1(CN(C)S(=O)(=O)N(C)C)C(C)C1(C)C)C(C)(C)C. The van der Waals surface area contributed by atoms with Gasteiger partial charge >= 0.3 is 6.03 Å². The summed E-state index contributed by atoms with van der Waals surface area (Å²) in [5.74, 6) is -2.57. The number of nitrogens with one attached hydrogen (secondary N) is 4. The second kappa shape index (κ2) is 17.2. The lowest BCUT2D eigenvalue weighted by molar-refractivity contribution is -0.144. The van der Waals surface area contributed by atoms with Crippen molar-refractivity contribution in [2.45, 2.75) is 118 Å². The highest BCUT2D eigenvalue weighted by Crippen LogP contribution is 2.61. The zero-order chi connectivity index (χ0) is 39.3. The maximum atomic E-state index is 14.5. The molecule has 1 aliphatic carbocycles. The van der Waals surface area contributed by atoms with E-state index < -0.39 is 74.2 Å². The quantitative estimate of drug-likeness (QED) is 0.123. The molecule has 14 nitrogen and oxygen atoms in total. The third-order valence-electron chi connectivity index (χ3n) is 10.9. The summed E-state index contributed by atoms with van der Waals surface area (Å²) in [6, 6.07) is -3.64. The fourth-order valence-corrected chi connectivity index (χ4v) is 8.25. The molecule has 0 aromatic carbocycles. The zero-order valence-corrected chi connectivity index (χ0v) is 33.8. The van der Waals surface area contributed by atoms with Gasteiger partial charge in [0.05, 0.1) is 11.6 Å². The summed E-state index contributed by atoms with van der Waals surface area (Å²) in [6.07, 6.45) is 4.29. The zero-order valence-electron chi connectivity index (χ0n) is 33.0. The number of hydrogen-bond donors (Lipinski definition) is 4. The normalized spacial score (nSPS) is 24.2. The topological polar surface area (TPSA) is 177 Å². The third-order valence-corrected chi connectivity index (χ3v) is 12.7. The first-order valence-electron chi connectivity index (χ1n) is 18.2. The Labute approximate surface area is 306 Å². The number of amides is 5. The molecule has 1 aliphatic heterocycles. The van der Waals surface area contributed by atoms with E-state index in [0.29, 0.717) is 19.3 Å². The summed E-state index contributed by atoms with van der Waals surface area (Å²) in [6.45, 7) is 21.3. The molecule has 2 aliphatic rings. The fourth-order valence-electron chi connectivity index (χ4n) is 7.33. The minimum atomic E-state index is -3.76. The van der Waals surface area contributed by atoms with E-state index in [1.54, 1.807) is 0 Å². The highest BCUT2D eigenvalue weighted by Gasteiger charge is 2.70. The molecule has 6 atom stereocenters. The van der Waals surface area contributed by atoms with E-state index in [-0.39, 0.29) is 43.8 Å². The molecule has 5 amide bonds. The fraction of sp³-hybridized carbons (Fsp3) is 0.806. The molecule has 4 N–H and O–H groups in total. The van der Waals surface area contributed by atoms with Gasteiger partial charge in [0.25, 0.3) is 16.1 Å². The van der Waals surface area contributed by atoms with E-state index in [1.165, 1.54) is 36.4 Å². The van der Waals surface area contributed by atoms with Gasteiger partial charge in [-0.25, -0.2) is 4.79 Å². The molecule has 0 bridgehead atoms. The molecule has 0 aromatic rings. The molecule has 1 saturated heterocycles. The molecule has 292 valence electrons. The van der Waals surface area contributed by atoms with Gasteiger partial charge in [-0.1, -0.05) is 81.2 Å². The number of likely N-dealkylation sites (N-methyl/N-ethyl adjacent to an activating group) is 1. The second-order valence-corrected chi connectivity index (χ2v) is 18.8. The molecule has 0 radical (unpaired) electrons. The molecule has 51 heavy (non-hydrogen) atoms. The Balaban J connectivity index is 2.41. The van der Waals surface area contributed by atoms with Crippen molar-refractivity contribution in [2.75, 3.05) is 40.8 Å². The summed E-state index contributed by atoms with van der Waals surface area (Å²) < 4.78 is 28.1. The maximum absolute atomic E-state index is 14.5. The van der Waals surface area contributed by atoms with Gasteiger partial charge in [-0.05, 0) is 47.8 Å². The minimum absolute atomic E-state index is 0.0258. The van der Waals surface area contributed by atoms with Crippen molar-refractivity contribution in [3.8, 4) is 0 Å². The average Bonchev–Trinajstić information content (AvgIpc) is 3.28. The molecule has 3 unspecified atom stereocenters. The van der Waals surface area contributed by atoms with E-state index >= 15 is 0 Å². The van der Waals surface area contributed by atoms with Crippen LogP contribution in [0.25, 0.3) is 0 Å². The molecule has 0 spiro atoms. The Kier molecular flexibility index (Phi) is 14.9. The van der Waals surface area contributed by atoms with Crippen LogP contribution >= 0.6 is 0 Å². The van der Waals surface area contributed by atoms with Crippen molar-refractivity contribution < 1.29 is 32.4 Å². The van der Waals surface area contributed by atoms with Crippen molar-refractivity contribution in [1.82, 2.24) is 34.8 Å². The average molecular weight is 740 g/mol. The van der Waals surface area contributed by atoms with E-state index in [1.807, 2.05) is 62.3 Å². The Hall–Kier alpha value is -3.04. The summed E-state index contributed by atoms with van der Waals surface area (Å²) >= 11 is 0. The van der Waals surface area contributed by atoms with Gasteiger partial charge in [0.2, 0.25) is 17.6 Å². The maximum Gasteiger partial charge on any atom is 0.315 e.